The maximum atomic E-state index is 13.1. The van der Waals surface area contributed by atoms with Gasteiger partial charge in [-0.05, 0) is 158 Å². The van der Waals surface area contributed by atoms with E-state index < -0.39 is 0 Å². The summed E-state index contributed by atoms with van der Waals surface area (Å²) in [6.07, 6.45) is 17.3. The molecule has 1 aromatic heterocycles. The van der Waals surface area contributed by atoms with Gasteiger partial charge in [0.05, 0.1) is 24.7 Å². The van der Waals surface area contributed by atoms with E-state index in [9.17, 15) is 14.4 Å². The summed E-state index contributed by atoms with van der Waals surface area (Å²) >= 11 is 13.6. The number of rotatable bonds is 8. The second kappa shape index (κ2) is 24.6. The Labute approximate surface area is 489 Å². The smallest absolute Gasteiger partial charge is 0.263 e. The maximum Gasteiger partial charge on any atom is 0.263 e. The first-order chi connectivity index (χ1) is 39.4. The van der Waals surface area contributed by atoms with Crippen LogP contribution in [0.4, 0.5) is 0 Å². The van der Waals surface area contributed by atoms with Gasteiger partial charge in [-0.15, -0.1) is 11.3 Å². The Hall–Kier alpha value is -6.45. The fourth-order valence-corrected chi connectivity index (χ4v) is 14.3. The van der Waals surface area contributed by atoms with Crippen molar-refractivity contribution in [2.24, 2.45) is 17.2 Å². The Morgan fingerprint density at radius 3 is 1.40 bits per heavy atom. The van der Waals surface area contributed by atoms with Gasteiger partial charge in [0.1, 0.15) is 17.2 Å². The van der Waals surface area contributed by atoms with Crippen LogP contribution in [-0.4, -0.2) is 91.5 Å². The van der Waals surface area contributed by atoms with Gasteiger partial charge < -0.3 is 46.1 Å². The molecule has 3 spiro atoms. The molecule has 81 heavy (non-hydrogen) atoms. The number of fused-ring (bicyclic) bond motifs is 7. The summed E-state index contributed by atoms with van der Waals surface area (Å²) in [7, 11) is 0. The van der Waals surface area contributed by atoms with Crippen molar-refractivity contribution >= 4 is 64.4 Å². The molecule has 0 atom stereocenters. The first kappa shape index (κ1) is 56.4. The number of piperidine rings is 3. The lowest BCUT2D eigenvalue weighted by Gasteiger charge is -2.38. The highest BCUT2D eigenvalue weighted by molar-refractivity contribution is 7.14. The van der Waals surface area contributed by atoms with E-state index in [0.29, 0.717) is 42.9 Å². The molecule has 0 radical (unpaired) electrons. The molecule has 0 unspecified atom stereocenters. The molecule has 6 aliphatic heterocycles. The normalized spacial score (nSPS) is 18.7. The number of nitrogens with zero attached hydrogens (tertiary/aromatic N) is 3. The lowest BCUT2D eigenvalue weighted by atomic mass is 9.74. The number of thiophene rings is 1. The third-order valence-corrected chi connectivity index (χ3v) is 19.6. The Bertz CT molecular complexity index is 3310. The fraction of sp³-hybridized carbons (Fsp3) is 0.379. The summed E-state index contributed by atoms with van der Waals surface area (Å²) in [5, 5.41) is 1.36. The van der Waals surface area contributed by atoms with Crippen molar-refractivity contribution in [1.82, 2.24) is 14.7 Å². The highest BCUT2D eigenvalue weighted by Crippen LogP contribution is 2.49. The second-order valence-corrected chi connectivity index (χ2v) is 24.8. The van der Waals surface area contributed by atoms with Gasteiger partial charge in [0.15, 0.2) is 0 Å². The standard InChI is InChI=1S/2C22H23ClN2O2.C22H26N2O2S/c23-18-5-1-16(2-6-18)4-8-21(26)25-11-9-22(10-12-25)15-27-20-7-3-17(14-24)13-19(20)22;23-18-3-1-2-16(12-18)5-7-21(26)25-10-8-22(9-11-25)15-27-20-6-4-17(14-24)13-19(20)22;23-13-15-5-6-18-17(11-15)22(14-26-18)7-9-24(10-8-22)21(25)20-12-16-3-1-2-4-19(16)27-20/h1-8,13H,9-12,14-15,24H2;1-7,12-13H,8-11,14-15,24H2;5-6,11-12H,1-4,7-10,13-14,23H2/b8-4+;7-5+;. The highest BCUT2D eigenvalue weighted by Gasteiger charge is 2.46. The van der Waals surface area contributed by atoms with E-state index >= 15 is 0 Å². The van der Waals surface area contributed by atoms with Crippen molar-refractivity contribution in [1.29, 1.82) is 0 Å². The first-order valence-corrected chi connectivity index (χ1v) is 30.2. The van der Waals surface area contributed by atoms with Crippen LogP contribution in [0.3, 0.4) is 0 Å². The van der Waals surface area contributed by atoms with Crippen LogP contribution in [0.2, 0.25) is 10.0 Å². The molecular formula is C66H72Cl2N6O6S. The van der Waals surface area contributed by atoms with Gasteiger partial charge in [0.25, 0.3) is 5.91 Å². The summed E-state index contributed by atoms with van der Waals surface area (Å²) in [5.41, 5.74) is 28.0. The number of carbonyl (C=O) groups is 3. The number of carbonyl (C=O) groups excluding carboxylic acids is 3. The molecule has 5 aromatic carbocycles. The lowest BCUT2D eigenvalue weighted by molar-refractivity contribution is -0.128. The molecule has 13 rings (SSSR count). The second-order valence-electron chi connectivity index (χ2n) is 22.8. The predicted octanol–water partition coefficient (Wildman–Crippen LogP) is 11.2. The van der Waals surface area contributed by atoms with Crippen LogP contribution in [-0.2, 0) is 58.3 Å². The molecular weight excluding hydrogens is 1080 g/mol. The van der Waals surface area contributed by atoms with Crippen LogP contribution < -0.4 is 31.4 Å². The fourth-order valence-electron chi connectivity index (χ4n) is 12.8. The SMILES string of the molecule is NCc1ccc2c(c1)C1(CCN(C(=O)/C=C/c3ccc(Cl)cc3)CC1)CO2.NCc1ccc2c(c1)C1(CCN(C(=O)/C=C/c3cccc(Cl)c3)CC1)CO2.NCc1ccc2c(c1)C1(CCN(C(=O)c3cc4c(s3)CCCC4)CC1)CO2. The summed E-state index contributed by atoms with van der Waals surface area (Å²) in [4.78, 5) is 46.4. The summed E-state index contributed by atoms with van der Waals surface area (Å²) in [5.74, 6) is 3.24. The van der Waals surface area contributed by atoms with E-state index in [0.717, 1.165) is 147 Å². The molecule has 1 aliphatic carbocycles. The molecule has 3 saturated heterocycles. The number of benzene rings is 5. The van der Waals surface area contributed by atoms with Crippen LogP contribution in [0.15, 0.2) is 121 Å². The average Bonchev–Trinajstić information content (AvgIpc) is 4.45. The van der Waals surface area contributed by atoms with Crippen LogP contribution in [0, 0.1) is 0 Å². The van der Waals surface area contributed by atoms with E-state index in [1.165, 1.54) is 40.0 Å². The number of hydrogen-bond acceptors (Lipinski definition) is 10. The molecule has 12 nitrogen and oxygen atoms in total. The van der Waals surface area contributed by atoms with Gasteiger partial charge in [0, 0.05) is 119 Å². The van der Waals surface area contributed by atoms with Gasteiger partial charge in [-0.25, -0.2) is 0 Å². The van der Waals surface area contributed by atoms with Crippen molar-refractivity contribution in [2.75, 3.05) is 59.1 Å². The minimum Gasteiger partial charge on any atom is -0.492 e. The molecule has 6 aromatic rings. The van der Waals surface area contributed by atoms with Crippen molar-refractivity contribution in [3.05, 3.63) is 191 Å². The molecule has 7 heterocycles. The van der Waals surface area contributed by atoms with Crippen molar-refractivity contribution in [2.45, 2.75) is 100 Å². The summed E-state index contributed by atoms with van der Waals surface area (Å²) in [6, 6.07) is 35.9. The van der Waals surface area contributed by atoms with E-state index in [2.05, 4.69) is 36.4 Å². The number of nitrogens with two attached hydrogens (primary N) is 3. The summed E-state index contributed by atoms with van der Waals surface area (Å²) < 4.78 is 17.9. The predicted molar refractivity (Wildman–Crippen MR) is 323 cm³/mol. The number of amides is 3. The molecule has 15 heteroatoms. The van der Waals surface area contributed by atoms with E-state index in [1.807, 2.05) is 99.6 Å². The van der Waals surface area contributed by atoms with E-state index in [1.54, 1.807) is 23.5 Å². The molecule has 422 valence electrons. The van der Waals surface area contributed by atoms with Crippen LogP contribution in [0.25, 0.3) is 12.2 Å². The minimum absolute atomic E-state index is 0.00790. The van der Waals surface area contributed by atoms with Crippen LogP contribution in [0.5, 0.6) is 17.2 Å². The zero-order valence-corrected chi connectivity index (χ0v) is 48.3. The Morgan fingerprint density at radius 2 is 0.951 bits per heavy atom. The lowest BCUT2D eigenvalue weighted by Crippen LogP contribution is -2.45. The van der Waals surface area contributed by atoms with Gasteiger partial charge in [-0.1, -0.05) is 83.9 Å². The van der Waals surface area contributed by atoms with Gasteiger partial charge >= 0.3 is 0 Å². The Balaban J connectivity index is 0.000000128. The third-order valence-electron chi connectivity index (χ3n) is 17.9. The number of hydrogen-bond donors (Lipinski definition) is 3. The quantitative estimate of drug-likeness (QED) is 0.126. The molecule has 7 aliphatic rings. The minimum atomic E-state index is 0.00790. The topological polar surface area (TPSA) is 167 Å². The zero-order valence-electron chi connectivity index (χ0n) is 45.9. The zero-order chi connectivity index (χ0) is 56.1. The van der Waals surface area contributed by atoms with Gasteiger partial charge in [0.2, 0.25) is 11.8 Å². The van der Waals surface area contributed by atoms with Gasteiger partial charge in [-0.2, -0.15) is 0 Å². The van der Waals surface area contributed by atoms with Crippen LogP contribution >= 0.6 is 34.5 Å². The number of ether oxygens (including phenoxy) is 3. The van der Waals surface area contributed by atoms with E-state index in [-0.39, 0.29) is 34.0 Å². The number of halogens is 2. The first-order valence-electron chi connectivity index (χ1n) is 28.6. The van der Waals surface area contributed by atoms with Crippen molar-refractivity contribution in [3.63, 3.8) is 0 Å². The Morgan fingerprint density at radius 1 is 0.506 bits per heavy atom. The maximum absolute atomic E-state index is 13.1. The Kier molecular flexibility index (Phi) is 17.1. The van der Waals surface area contributed by atoms with Crippen molar-refractivity contribution in [3.8, 4) is 17.2 Å². The molecule has 6 N–H and O–H groups in total. The summed E-state index contributed by atoms with van der Waals surface area (Å²) in [6.45, 7) is 8.26. The highest BCUT2D eigenvalue weighted by atomic mass is 35.5. The number of likely N-dealkylation sites (tertiary alicyclic amines) is 3. The largest absolute Gasteiger partial charge is 0.492 e. The molecule has 3 fully saturated rings. The molecule has 3 amide bonds. The van der Waals surface area contributed by atoms with Gasteiger partial charge in [-0.3, -0.25) is 14.4 Å². The molecule has 0 saturated carbocycles. The van der Waals surface area contributed by atoms with Crippen molar-refractivity contribution < 1.29 is 28.6 Å². The third kappa shape index (κ3) is 12.2. The number of aryl methyl sites for hydroxylation is 2. The molecule has 0 bridgehead atoms. The van der Waals surface area contributed by atoms with Crippen LogP contribution in [0.1, 0.15) is 116 Å². The van der Waals surface area contributed by atoms with E-state index in [4.69, 9.17) is 54.6 Å². The monoisotopic (exact) mass is 1150 g/mol. The average molecular weight is 1150 g/mol.